The number of rotatable bonds is 5. The molecular weight excluding hydrogens is 348 g/mol. The van der Waals surface area contributed by atoms with Gasteiger partial charge >= 0.3 is 0 Å². The quantitative estimate of drug-likeness (QED) is 0.605. The first-order valence-electron chi connectivity index (χ1n) is 9.43. The first-order chi connectivity index (χ1) is 12.8. The lowest BCUT2D eigenvalue weighted by atomic mass is 9.76. The molecule has 1 heterocycles. The predicted molar refractivity (Wildman–Crippen MR) is 99.2 cm³/mol. The molecule has 0 atom stereocenters. The number of aryl methyl sites for hydroxylation is 1. The third-order valence-electron chi connectivity index (χ3n) is 5.07. The SMILES string of the molecule is CC1(C)CC(=O)c2c(CC/C(O)=C3/C(=O)CCCC3=NCCO)noc2C1. The lowest BCUT2D eigenvalue weighted by Gasteiger charge is -2.26. The third kappa shape index (κ3) is 4.18. The summed E-state index contributed by atoms with van der Waals surface area (Å²) in [6.45, 7) is 4.15. The summed E-state index contributed by atoms with van der Waals surface area (Å²) < 4.78 is 5.38. The molecule has 0 spiro atoms. The predicted octanol–water partition coefficient (Wildman–Crippen LogP) is 2.76. The fraction of sp³-hybridized carbons (Fsp3) is 0.600. The Morgan fingerprint density at radius 3 is 2.74 bits per heavy atom. The number of aliphatic hydroxyl groups is 2. The maximum absolute atomic E-state index is 12.5. The van der Waals surface area contributed by atoms with Gasteiger partial charge < -0.3 is 14.7 Å². The van der Waals surface area contributed by atoms with Crippen molar-refractivity contribution in [1.82, 2.24) is 5.16 Å². The number of aromatic nitrogens is 1. The largest absolute Gasteiger partial charge is 0.511 e. The molecule has 0 saturated heterocycles. The van der Waals surface area contributed by atoms with Crippen molar-refractivity contribution in [3.05, 3.63) is 28.3 Å². The Hall–Kier alpha value is -2.28. The zero-order valence-electron chi connectivity index (χ0n) is 15.9. The fourth-order valence-electron chi connectivity index (χ4n) is 3.85. The Labute approximate surface area is 158 Å². The molecule has 0 bridgehead atoms. The van der Waals surface area contributed by atoms with E-state index in [1.54, 1.807) is 0 Å². The summed E-state index contributed by atoms with van der Waals surface area (Å²) in [5.74, 6) is 0.466. The second-order valence-corrected chi connectivity index (χ2v) is 8.02. The molecule has 146 valence electrons. The first-order valence-corrected chi connectivity index (χ1v) is 9.43. The number of hydrogen-bond acceptors (Lipinski definition) is 7. The Balaban J connectivity index is 1.80. The van der Waals surface area contributed by atoms with Gasteiger partial charge in [0.25, 0.3) is 0 Å². The summed E-state index contributed by atoms with van der Waals surface area (Å²) in [5, 5.41) is 23.5. The Bertz CT molecular complexity index is 816. The van der Waals surface area contributed by atoms with Crippen molar-refractivity contribution in [2.45, 2.75) is 58.8 Å². The summed E-state index contributed by atoms with van der Waals surface area (Å²) in [4.78, 5) is 29.0. The molecule has 0 amide bonds. The van der Waals surface area contributed by atoms with Gasteiger partial charge in [0.1, 0.15) is 11.5 Å². The van der Waals surface area contributed by atoms with Gasteiger partial charge in [0.05, 0.1) is 30.0 Å². The Kier molecular flexibility index (Phi) is 5.60. The highest BCUT2D eigenvalue weighted by Crippen LogP contribution is 2.36. The van der Waals surface area contributed by atoms with E-state index < -0.39 is 0 Å². The molecule has 0 aliphatic heterocycles. The van der Waals surface area contributed by atoms with E-state index >= 15 is 0 Å². The number of carbonyl (C=O) groups excluding carboxylic acids is 2. The van der Waals surface area contributed by atoms with Crippen LogP contribution >= 0.6 is 0 Å². The van der Waals surface area contributed by atoms with Crippen molar-refractivity contribution in [3.8, 4) is 0 Å². The molecule has 1 fully saturated rings. The van der Waals surface area contributed by atoms with Gasteiger partial charge in [-0.2, -0.15) is 0 Å². The van der Waals surface area contributed by atoms with Crippen LogP contribution < -0.4 is 0 Å². The van der Waals surface area contributed by atoms with Crippen LogP contribution in [0.25, 0.3) is 0 Å². The van der Waals surface area contributed by atoms with Crippen LogP contribution in [0.3, 0.4) is 0 Å². The molecule has 27 heavy (non-hydrogen) atoms. The average molecular weight is 374 g/mol. The van der Waals surface area contributed by atoms with Gasteiger partial charge in [-0.05, 0) is 18.3 Å². The number of nitrogens with zero attached hydrogens (tertiary/aromatic N) is 2. The summed E-state index contributed by atoms with van der Waals surface area (Å²) in [6, 6.07) is 0. The molecule has 0 unspecified atom stereocenters. The van der Waals surface area contributed by atoms with E-state index in [2.05, 4.69) is 10.1 Å². The van der Waals surface area contributed by atoms with Crippen LogP contribution in [0.5, 0.6) is 0 Å². The van der Waals surface area contributed by atoms with E-state index in [4.69, 9.17) is 9.63 Å². The van der Waals surface area contributed by atoms with Crippen molar-refractivity contribution in [1.29, 1.82) is 0 Å². The standard InChI is InChI=1S/C20H26N2O5/c1-20(2)10-16(26)19-13(22-27-17(19)11-20)6-7-15(25)18-12(21-8-9-23)4-3-5-14(18)24/h23,25H,3-11H2,1-2H3/b18-15-,21-12?. The molecule has 0 aromatic carbocycles. The number of allylic oxidation sites excluding steroid dienone is 2. The number of aliphatic imine (C=N–C) groups is 1. The van der Waals surface area contributed by atoms with Crippen molar-refractivity contribution in [3.63, 3.8) is 0 Å². The van der Waals surface area contributed by atoms with Crippen molar-refractivity contribution < 1.29 is 24.3 Å². The first kappa shape index (κ1) is 19.5. The zero-order chi connectivity index (χ0) is 19.6. The van der Waals surface area contributed by atoms with Crippen LogP contribution in [0.4, 0.5) is 0 Å². The van der Waals surface area contributed by atoms with Crippen LogP contribution in [0.2, 0.25) is 0 Å². The van der Waals surface area contributed by atoms with Gasteiger partial charge in [-0.25, -0.2) is 0 Å². The second-order valence-electron chi connectivity index (χ2n) is 8.02. The van der Waals surface area contributed by atoms with Gasteiger partial charge in [-0.15, -0.1) is 0 Å². The maximum atomic E-state index is 12.5. The number of Topliss-reactive ketones (excluding diaryl/α,β-unsaturated/α-hetero) is 2. The minimum absolute atomic E-state index is 0.0172. The monoisotopic (exact) mass is 374 g/mol. The highest BCUT2D eigenvalue weighted by Gasteiger charge is 2.36. The van der Waals surface area contributed by atoms with Gasteiger partial charge in [-0.1, -0.05) is 19.0 Å². The summed E-state index contributed by atoms with van der Waals surface area (Å²) in [5.41, 5.74) is 1.75. The molecule has 0 radical (unpaired) electrons. The number of carbonyl (C=O) groups is 2. The van der Waals surface area contributed by atoms with Gasteiger partial charge in [0.2, 0.25) is 0 Å². The number of fused-ring (bicyclic) bond motifs is 1. The van der Waals surface area contributed by atoms with Gasteiger partial charge in [-0.3, -0.25) is 14.6 Å². The van der Waals surface area contributed by atoms with E-state index in [0.717, 1.165) is 0 Å². The Morgan fingerprint density at radius 2 is 2.00 bits per heavy atom. The number of hydrogen-bond donors (Lipinski definition) is 2. The topological polar surface area (TPSA) is 113 Å². The molecule has 7 nitrogen and oxygen atoms in total. The van der Waals surface area contributed by atoms with E-state index in [1.807, 2.05) is 13.8 Å². The van der Waals surface area contributed by atoms with Crippen molar-refractivity contribution in [2.75, 3.05) is 13.2 Å². The lowest BCUT2D eigenvalue weighted by Crippen LogP contribution is -2.26. The highest BCUT2D eigenvalue weighted by atomic mass is 16.5. The molecule has 1 saturated carbocycles. The fourth-order valence-corrected chi connectivity index (χ4v) is 3.85. The van der Waals surface area contributed by atoms with E-state index in [9.17, 15) is 14.7 Å². The third-order valence-corrected chi connectivity index (χ3v) is 5.07. The minimum Gasteiger partial charge on any atom is -0.511 e. The van der Waals surface area contributed by atoms with Crippen LogP contribution in [-0.4, -0.2) is 45.8 Å². The second kappa shape index (κ2) is 7.76. The molecule has 2 aliphatic rings. The van der Waals surface area contributed by atoms with E-state index in [0.29, 0.717) is 61.3 Å². The van der Waals surface area contributed by atoms with E-state index in [1.165, 1.54) is 0 Å². The lowest BCUT2D eigenvalue weighted by molar-refractivity contribution is -0.115. The number of ketones is 2. The number of aliphatic hydroxyl groups excluding tert-OH is 2. The van der Waals surface area contributed by atoms with Crippen LogP contribution in [-0.2, 0) is 17.6 Å². The van der Waals surface area contributed by atoms with Crippen LogP contribution in [0, 0.1) is 5.41 Å². The summed E-state index contributed by atoms with van der Waals surface area (Å²) in [6.07, 6.45) is 3.29. The van der Waals surface area contributed by atoms with E-state index in [-0.39, 0.29) is 47.9 Å². The molecule has 1 aromatic rings. The molecule has 3 rings (SSSR count). The van der Waals surface area contributed by atoms with Crippen LogP contribution in [0.15, 0.2) is 20.8 Å². The van der Waals surface area contributed by atoms with Crippen molar-refractivity contribution in [2.24, 2.45) is 10.4 Å². The zero-order valence-corrected chi connectivity index (χ0v) is 15.9. The normalized spacial score (nSPS) is 22.9. The van der Waals surface area contributed by atoms with Crippen LogP contribution in [0.1, 0.15) is 67.8 Å². The van der Waals surface area contributed by atoms with Gasteiger partial charge in [0.15, 0.2) is 11.6 Å². The highest BCUT2D eigenvalue weighted by molar-refractivity contribution is 6.24. The molecule has 1 aromatic heterocycles. The minimum atomic E-state index is -0.141. The molecular formula is C20H26N2O5. The Morgan fingerprint density at radius 1 is 1.22 bits per heavy atom. The summed E-state index contributed by atoms with van der Waals surface area (Å²) >= 11 is 0. The molecule has 2 aliphatic carbocycles. The summed E-state index contributed by atoms with van der Waals surface area (Å²) in [7, 11) is 0. The molecule has 7 heteroatoms. The average Bonchev–Trinajstić information content (AvgIpc) is 2.99. The smallest absolute Gasteiger partial charge is 0.168 e. The van der Waals surface area contributed by atoms with Gasteiger partial charge in [0, 0.05) is 37.8 Å². The van der Waals surface area contributed by atoms with Crippen molar-refractivity contribution >= 4 is 17.3 Å². The molecule has 2 N–H and O–H groups in total. The maximum Gasteiger partial charge on any atom is 0.168 e.